The van der Waals surface area contributed by atoms with Gasteiger partial charge in [0.1, 0.15) is 6.61 Å². The van der Waals surface area contributed by atoms with Gasteiger partial charge in [-0.1, -0.05) is 57.2 Å². The van der Waals surface area contributed by atoms with Crippen molar-refractivity contribution in [1.82, 2.24) is 9.38 Å². The number of carbonyl (C=O) groups is 1. The predicted molar refractivity (Wildman–Crippen MR) is 89.5 cm³/mol. The molecule has 2 aromatic heterocycles. The molecular formula is C19H20N2O2. The van der Waals surface area contributed by atoms with Crippen LogP contribution in [0.4, 0.5) is 0 Å². The maximum atomic E-state index is 12.5. The Labute approximate surface area is 135 Å². The van der Waals surface area contributed by atoms with Crippen molar-refractivity contribution in [2.24, 2.45) is 0 Å². The third-order valence-electron chi connectivity index (χ3n) is 3.65. The second kappa shape index (κ2) is 5.88. The average molecular weight is 308 g/mol. The Morgan fingerprint density at radius 1 is 1.09 bits per heavy atom. The van der Waals surface area contributed by atoms with E-state index in [1.54, 1.807) is 4.40 Å². The van der Waals surface area contributed by atoms with Crippen molar-refractivity contribution >= 4 is 11.5 Å². The molecule has 0 saturated heterocycles. The van der Waals surface area contributed by atoms with Crippen LogP contribution < -0.4 is 0 Å². The van der Waals surface area contributed by atoms with Gasteiger partial charge in [0.05, 0.1) is 11.2 Å². The fourth-order valence-electron chi connectivity index (χ4n) is 2.52. The summed E-state index contributed by atoms with van der Waals surface area (Å²) in [5.41, 5.74) is 2.64. The minimum Gasteiger partial charge on any atom is -0.455 e. The molecule has 0 amide bonds. The number of pyridine rings is 1. The first kappa shape index (κ1) is 15.3. The first-order valence-corrected chi connectivity index (χ1v) is 7.65. The van der Waals surface area contributed by atoms with Gasteiger partial charge in [0.2, 0.25) is 5.82 Å². The maximum Gasteiger partial charge on any atom is 0.375 e. The molecule has 0 fully saturated rings. The normalized spacial score (nSPS) is 11.6. The van der Waals surface area contributed by atoms with E-state index in [9.17, 15) is 4.79 Å². The number of fused-ring (bicyclic) bond motifs is 1. The largest absolute Gasteiger partial charge is 0.455 e. The van der Waals surface area contributed by atoms with Crippen LogP contribution in [0.15, 0.2) is 54.7 Å². The first-order chi connectivity index (χ1) is 11.0. The summed E-state index contributed by atoms with van der Waals surface area (Å²) in [6, 6.07) is 15.4. The van der Waals surface area contributed by atoms with Crippen LogP contribution in [0.5, 0.6) is 0 Å². The Balaban J connectivity index is 1.92. The van der Waals surface area contributed by atoms with E-state index in [0.717, 1.165) is 16.8 Å². The number of benzene rings is 1. The zero-order chi connectivity index (χ0) is 16.4. The van der Waals surface area contributed by atoms with Crippen LogP contribution in [0.2, 0.25) is 0 Å². The number of ether oxygens (including phenoxy) is 1. The molecule has 4 nitrogen and oxygen atoms in total. The minimum absolute atomic E-state index is 0.148. The Bertz CT molecular complexity index is 829. The standard InChI is InChI=1S/C19H20N2O2/c1-19(2,3)16-15-11-7-8-12-21(15)17(20-16)18(22)23-13-14-9-5-4-6-10-14/h4-12H,13H2,1-3H3. The van der Waals surface area contributed by atoms with Gasteiger partial charge in [0, 0.05) is 11.6 Å². The molecule has 3 aromatic rings. The van der Waals surface area contributed by atoms with Crippen molar-refractivity contribution in [2.45, 2.75) is 32.8 Å². The van der Waals surface area contributed by atoms with Gasteiger partial charge in [-0.3, -0.25) is 4.40 Å². The lowest BCUT2D eigenvalue weighted by atomic mass is 9.91. The Hall–Kier alpha value is -2.62. The highest BCUT2D eigenvalue weighted by molar-refractivity contribution is 5.87. The maximum absolute atomic E-state index is 12.5. The highest BCUT2D eigenvalue weighted by atomic mass is 16.5. The fraction of sp³-hybridized carbons (Fsp3) is 0.263. The second-order valence-corrected chi connectivity index (χ2v) is 6.55. The Morgan fingerprint density at radius 3 is 2.48 bits per heavy atom. The zero-order valence-electron chi connectivity index (χ0n) is 13.6. The molecule has 0 bridgehead atoms. The fourth-order valence-corrected chi connectivity index (χ4v) is 2.52. The molecule has 0 radical (unpaired) electrons. The summed E-state index contributed by atoms with van der Waals surface area (Å²) in [6.45, 7) is 6.50. The Kier molecular flexibility index (Phi) is 3.90. The summed E-state index contributed by atoms with van der Waals surface area (Å²) in [5, 5.41) is 0. The molecule has 118 valence electrons. The molecule has 0 N–H and O–H groups in total. The molecule has 0 spiro atoms. The van der Waals surface area contributed by atoms with E-state index in [-0.39, 0.29) is 12.0 Å². The van der Waals surface area contributed by atoms with Crippen molar-refractivity contribution in [1.29, 1.82) is 0 Å². The van der Waals surface area contributed by atoms with Crippen LogP contribution in [0.25, 0.3) is 5.52 Å². The third-order valence-corrected chi connectivity index (χ3v) is 3.65. The van der Waals surface area contributed by atoms with Gasteiger partial charge in [-0.2, -0.15) is 0 Å². The average Bonchev–Trinajstić information content (AvgIpc) is 2.93. The number of esters is 1. The van der Waals surface area contributed by atoms with Crippen molar-refractivity contribution < 1.29 is 9.53 Å². The zero-order valence-corrected chi connectivity index (χ0v) is 13.6. The molecule has 4 heteroatoms. The molecule has 2 heterocycles. The third kappa shape index (κ3) is 3.11. The van der Waals surface area contributed by atoms with Crippen LogP contribution in [0.1, 0.15) is 42.6 Å². The van der Waals surface area contributed by atoms with E-state index in [1.807, 2.05) is 54.7 Å². The quantitative estimate of drug-likeness (QED) is 0.687. The van der Waals surface area contributed by atoms with Gasteiger partial charge < -0.3 is 4.74 Å². The molecule has 0 aliphatic rings. The van der Waals surface area contributed by atoms with Crippen molar-refractivity contribution in [3.05, 3.63) is 71.8 Å². The molecule has 23 heavy (non-hydrogen) atoms. The van der Waals surface area contributed by atoms with E-state index in [0.29, 0.717) is 5.82 Å². The van der Waals surface area contributed by atoms with Gasteiger partial charge in [0.15, 0.2) is 0 Å². The van der Waals surface area contributed by atoms with E-state index >= 15 is 0 Å². The summed E-state index contributed by atoms with van der Waals surface area (Å²) < 4.78 is 7.23. The number of hydrogen-bond acceptors (Lipinski definition) is 3. The lowest BCUT2D eigenvalue weighted by Gasteiger charge is -2.15. The summed E-state index contributed by atoms with van der Waals surface area (Å²) in [6.07, 6.45) is 1.84. The summed E-state index contributed by atoms with van der Waals surface area (Å²) in [7, 11) is 0. The van der Waals surface area contributed by atoms with Crippen molar-refractivity contribution in [3.63, 3.8) is 0 Å². The van der Waals surface area contributed by atoms with Gasteiger partial charge in [-0.15, -0.1) is 0 Å². The molecule has 3 rings (SSSR count). The van der Waals surface area contributed by atoms with Crippen LogP contribution >= 0.6 is 0 Å². The number of hydrogen-bond donors (Lipinski definition) is 0. The molecule has 1 aromatic carbocycles. The molecule has 0 atom stereocenters. The predicted octanol–water partition coefficient (Wildman–Crippen LogP) is 3.99. The molecule has 0 aliphatic heterocycles. The van der Waals surface area contributed by atoms with Crippen LogP contribution in [0.3, 0.4) is 0 Å². The number of carbonyl (C=O) groups excluding carboxylic acids is 1. The summed E-state index contributed by atoms with van der Waals surface area (Å²) in [4.78, 5) is 17.0. The van der Waals surface area contributed by atoms with E-state index < -0.39 is 5.97 Å². The number of aromatic nitrogens is 2. The van der Waals surface area contributed by atoms with E-state index in [1.165, 1.54) is 0 Å². The highest BCUT2D eigenvalue weighted by Gasteiger charge is 2.25. The highest BCUT2D eigenvalue weighted by Crippen LogP contribution is 2.26. The van der Waals surface area contributed by atoms with Gasteiger partial charge >= 0.3 is 5.97 Å². The SMILES string of the molecule is CC(C)(C)c1nc(C(=O)OCc2ccccc2)n2ccccc12. The van der Waals surface area contributed by atoms with Crippen LogP contribution in [-0.2, 0) is 16.8 Å². The van der Waals surface area contributed by atoms with Crippen molar-refractivity contribution in [3.8, 4) is 0 Å². The van der Waals surface area contributed by atoms with Crippen LogP contribution in [0, 0.1) is 0 Å². The smallest absolute Gasteiger partial charge is 0.375 e. The number of rotatable bonds is 3. The lowest BCUT2D eigenvalue weighted by molar-refractivity contribution is 0.0457. The minimum atomic E-state index is -0.412. The van der Waals surface area contributed by atoms with E-state index in [2.05, 4.69) is 25.8 Å². The van der Waals surface area contributed by atoms with Crippen LogP contribution in [-0.4, -0.2) is 15.4 Å². The lowest BCUT2D eigenvalue weighted by Crippen LogP contribution is -2.13. The topological polar surface area (TPSA) is 43.6 Å². The molecular weight excluding hydrogens is 288 g/mol. The van der Waals surface area contributed by atoms with Gasteiger partial charge in [0.25, 0.3) is 0 Å². The molecule has 0 aliphatic carbocycles. The first-order valence-electron chi connectivity index (χ1n) is 7.65. The Morgan fingerprint density at radius 2 is 1.78 bits per heavy atom. The summed E-state index contributed by atoms with van der Waals surface area (Å²) in [5.74, 6) is -0.0907. The summed E-state index contributed by atoms with van der Waals surface area (Å²) >= 11 is 0. The van der Waals surface area contributed by atoms with Crippen molar-refractivity contribution in [2.75, 3.05) is 0 Å². The molecule has 0 saturated carbocycles. The number of imidazole rings is 1. The number of nitrogens with zero attached hydrogens (tertiary/aromatic N) is 2. The molecule has 0 unspecified atom stereocenters. The van der Waals surface area contributed by atoms with E-state index in [4.69, 9.17) is 4.74 Å². The second-order valence-electron chi connectivity index (χ2n) is 6.55. The monoisotopic (exact) mass is 308 g/mol. The van der Waals surface area contributed by atoms with Gasteiger partial charge in [-0.25, -0.2) is 9.78 Å². The van der Waals surface area contributed by atoms with Gasteiger partial charge in [-0.05, 0) is 17.7 Å².